The molecule has 1 aliphatic rings. The highest BCUT2D eigenvalue weighted by atomic mass is 16.5. The summed E-state index contributed by atoms with van der Waals surface area (Å²) >= 11 is 0. The fourth-order valence-electron chi connectivity index (χ4n) is 0.983. The molecule has 0 aromatic carbocycles. The lowest BCUT2D eigenvalue weighted by Crippen LogP contribution is -2.14. The summed E-state index contributed by atoms with van der Waals surface area (Å²) in [5.41, 5.74) is 5.48. The highest BCUT2D eigenvalue weighted by molar-refractivity contribution is 5.04. The van der Waals surface area contributed by atoms with Crippen LogP contribution in [-0.2, 0) is 0 Å². The highest BCUT2D eigenvalue weighted by Gasteiger charge is 2.29. The molecule has 0 spiro atoms. The molecule has 1 aliphatic carbocycles. The maximum atomic E-state index is 8.70. The van der Waals surface area contributed by atoms with E-state index in [0.29, 0.717) is 11.8 Å². The Bertz CT molecular complexity index is 269. The van der Waals surface area contributed by atoms with E-state index in [9.17, 15) is 0 Å². The zero-order valence-electron chi connectivity index (χ0n) is 6.60. The van der Waals surface area contributed by atoms with Crippen LogP contribution < -0.4 is 5.73 Å². The summed E-state index contributed by atoms with van der Waals surface area (Å²) < 4.78 is 4.87. The number of nitrogens with zero attached hydrogens (tertiary/aromatic N) is 2. The van der Waals surface area contributed by atoms with Gasteiger partial charge in [0.05, 0.1) is 6.61 Å². The summed E-state index contributed by atoms with van der Waals surface area (Å²) in [5, 5.41) is 12.5. The van der Waals surface area contributed by atoms with Crippen molar-refractivity contribution in [3.63, 3.8) is 0 Å². The molecule has 1 atom stereocenters. The quantitative estimate of drug-likeness (QED) is 0.662. The molecule has 3 N–H and O–H groups in total. The van der Waals surface area contributed by atoms with E-state index in [4.69, 9.17) is 15.4 Å². The summed E-state index contributed by atoms with van der Waals surface area (Å²) in [6, 6.07) is -0.537. The van der Waals surface area contributed by atoms with E-state index in [-0.39, 0.29) is 6.61 Å². The van der Waals surface area contributed by atoms with Gasteiger partial charge in [0.25, 0.3) is 0 Å². The van der Waals surface area contributed by atoms with Gasteiger partial charge in [-0.25, -0.2) is 0 Å². The van der Waals surface area contributed by atoms with Crippen molar-refractivity contribution in [2.75, 3.05) is 6.61 Å². The molecule has 66 valence electrons. The van der Waals surface area contributed by atoms with Crippen molar-refractivity contribution in [2.45, 2.75) is 24.8 Å². The van der Waals surface area contributed by atoms with Crippen molar-refractivity contribution in [1.82, 2.24) is 10.1 Å². The van der Waals surface area contributed by atoms with Crippen molar-refractivity contribution in [3.8, 4) is 0 Å². The average Bonchev–Trinajstić information content (AvgIpc) is 2.83. The van der Waals surface area contributed by atoms with Crippen LogP contribution in [0.1, 0.15) is 36.5 Å². The second-order valence-electron chi connectivity index (χ2n) is 3.05. The lowest BCUT2D eigenvalue weighted by atomic mass is 10.3. The number of aliphatic hydroxyl groups excluding tert-OH is 1. The Morgan fingerprint density at radius 1 is 1.67 bits per heavy atom. The number of nitrogens with two attached hydrogens (primary N) is 1. The van der Waals surface area contributed by atoms with Crippen molar-refractivity contribution >= 4 is 0 Å². The van der Waals surface area contributed by atoms with Gasteiger partial charge >= 0.3 is 0 Å². The third kappa shape index (κ3) is 1.33. The van der Waals surface area contributed by atoms with Crippen LogP contribution in [0, 0.1) is 0 Å². The molecule has 12 heavy (non-hydrogen) atoms. The van der Waals surface area contributed by atoms with Crippen LogP contribution >= 0.6 is 0 Å². The zero-order chi connectivity index (χ0) is 8.55. The first kappa shape index (κ1) is 7.70. The van der Waals surface area contributed by atoms with Gasteiger partial charge in [0.2, 0.25) is 5.89 Å². The van der Waals surface area contributed by atoms with Gasteiger partial charge < -0.3 is 15.4 Å². The van der Waals surface area contributed by atoms with Gasteiger partial charge in [-0.1, -0.05) is 5.16 Å². The Labute approximate surface area is 69.6 Å². The van der Waals surface area contributed by atoms with Crippen molar-refractivity contribution < 1.29 is 9.63 Å². The van der Waals surface area contributed by atoms with Crippen molar-refractivity contribution in [2.24, 2.45) is 5.73 Å². The summed E-state index contributed by atoms with van der Waals surface area (Å²) in [4.78, 5) is 4.08. The van der Waals surface area contributed by atoms with Gasteiger partial charge in [-0.15, -0.1) is 0 Å². The summed E-state index contributed by atoms with van der Waals surface area (Å²) in [5.74, 6) is 1.53. The SMILES string of the molecule is N[C@H](CO)c1nc(C2CC2)no1. The largest absolute Gasteiger partial charge is 0.394 e. The highest BCUT2D eigenvalue weighted by Crippen LogP contribution is 2.38. The summed E-state index contributed by atoms with van der Waals surface area (Å²) in [6.07, 6.45) is 2.26. The standard InChI is InChI=1S/C7H11N3O2/c8-5(3-11)7-9-6(10-12-7)4-1-2-4/h4-5,11H,1-3,8H2/t5-/m1/s1. The van der Waals surface area contributed by atoms with Crippen LogP contribution in [0.25, 0.3) is 0 Å². The smallest absolute Gasteiger partial charge is 0.245 e. The van der Waals surface area contributed by atoms with Crippen LogP contribution in [-0.4, -0.2) is 21.9 Å². The van der Waals surface area contributed by atoms with Gasteiger partial charge in [-0.05, 0) is 12.8 Å². The number of aliphatic hydroxyl groups is 1. The van der Waals surface area contributed by atoms with Crippen LogP contribution in [0.15, 0.2) is 4.52 Å². The topological polar surface area (TPSA) is 85.2 Å². The van der Waals surface area contributed by atoms with E-state index in [1.54, 1.807) is 0 Å². The monoisotopic (exact) mass is 169 g/mol. The number of aromatic nitrogens is 2. The van der Waals surface area contributed by atoms with E-state index in [0.717, 1.165) is 18.7 Å². The Hall–Kier alpha value is -0.940. The van der Waals surface area contributed by atoms with Crippen molar-refractivity contribution in [3.05, 3.63) is 11.7 Å². The van der Waals surface area contributed by atoms with Gasteiger partial charge in [0.1, 0.15) is 6.04 Å². The van der Waals surface area contributed by atoms with Gasteiger partial charge in [-0.3, -0.25) is 0 Å². The molecule has 0 unspecified atom stereocenters. The minimum Gasteiger partial charge on any atom is -0.394 e. The van der Waals surface area contributed by atoms with Crippen LogP contribution in [0.3, 0.4) is 0 Å². The molecule has 0 radical (unpaired) electrons. The minimum absolute atomic E-state index is 0.160. The molecule has 5 nitrogen and oxygen atoms in total. The maximum Gasteiger partial charge on any atom is 0.245 e. The first-order valence-corrected chi connectivity index (χ1v) is 4.01. The van der Waals surface area contributed by atoms with Gasteiger partial charge in [-0.2, -0.15) is 4.98 Å². The second-order valence-corrected chi connectivity index (χ2v) is 3.05. The van der Waals surface area contributed by atoms with Gasteiger partial charge in [0.15, 0.2) is 5.82 Å². The molecule has 2 rings (SSSR count). The molecule has 1 saturated carbocycles. The van der Waals surface area contributed by atoms with Crippen molar-refractivity contribution in [1.29, 1.82) is 0 Å². The molecule has 1 aromatic rings. The third-order valence-electron chi connectivity index (χ3n) is 1.91. The molecule has 1 aromatic heterocycles. The van der Waals surface area contributed by atoms with E-state index in [1.165, 1.54) is 0 Å². The van der Waals surface area contributed by atoms with Gasteiger partial charge in [0, 0.05) is 5.92 Å². The van der Waals surface area contributed by atoms with Crippen LogP contribution in [0.5, 0.6) is 0 Å². The van der Waals surface area contributed by atoms with E-state index < -0.39 is 6.04 Å². The molecule has 0 saturated heterocycles. The Balaban J connectivity index is 2.12. The minimum atomic E-state index is -0.537. The average molecular weight is 169 g/mol. The predicted molar refractivity (Wildman–Crippen MR) is 40.3 cm³/mol. The van der Waals surface area contributed by atoms with E-state index in [1.807, 2.05) is 0 Å². The van der Waals surface area contributed by atoms with Crippen LogP contribution in [0.2, 0.25) is 0 Å². The number of rotatable bonds is 3. The van der Waals surface area contributed by atoms with E-state index >= 15 is 0 Å². The Kier molecular flexibility index (Phi) is 1.82. The molecule has 1 heterocycles. The Morgan fingerprint density at radius 2 is 2.42 bits per heavy atom. The zero-order valence-corrected chi connectivity index (χ0v) is 6.60. The molecule has 5 heteroatoms. The maximum absolute atomic E-state index is 8.70. The number of hydrogen-bond donors (Lipinski definition) is 2. The fraction of sp³-hybridized carbons (Fsp3) is 0.714. The molecular formula is C7H11N3O2. The molecule has 0 bridgehead atoms. The lowest BCUT2D eigenvalue weighted by molar-refractivity contribution is 0.236. The summed E-state index contributed by atoms with van der Waals surface area (Å²) in [7, 11) is 0. The second kappa shape index (κ2) is 2.84. The van der Waals surface area contributed by atoms with E-state index in [2.05, 4.69) is 10.1 Å². The first-order valence-electron chi connectivity index (χ1n) is 4.01. The normalized spacial score (nSPS) is 19.5. The fourth-order valence-corrected chi connectivity index (χ4v) is 0.983. The summed E-state index contributed by atoms with van der Waals surface area (Å²) in [6.45, 7) is -0.160. The predicted octanol–water partition coefficient (Wildman–Crippen LogP) is -0.0609. The number of hydrogen-bond acceptors (Lipinski definition) is 5. The molecular weight excluding hydrogens is 158 g/mol. The molecule has 0 amide bonds. The third-order valence-corrected chi connectivity index (χ3v) is 1.91. The lowest BCUT2D eigenvalue weighted by Gasteiger charge is -1.98. The first-order chi connectivity index (χ1) is 5.81. The molecule has 0 aliphatic heterocycles. The van der Waals surface area contributed by atoms with Crippen LogP contribution in [0.4, 0.5) is 0 Å². The Morgan fingerprint density at radius 3 is 3.00 bits per heavy atom. The molecule has 1 fully saturated rings.